The monoisotopic (exact) mass is 293 g/mol. The van der Waals surface area contributed by atoms with Crippen LogP contribution in [0.3, 0.4) is 0 Å². The topological polar surface area (TPSA) is 93.5 Å². The van der Waals surface area contributed by atoms with Gasteiger partial charge in [-0.05, 0) is 25.5 Å². The van der Waals surface area contributed by atoms with Crippen LogP contribution in [0.4, 0.5) is 11.4 Å². The zero-order valence-corrected chi connectivity index (χ0v) is 12.1. The summed E-state index contributed by atoms with van der Waals surface area (Å²) in [6, 6.07) is 4.16. The summed E-state index contributed by atoms with van der Waals surface area (Å²) in [6.45, 7) is 3.39. The molecule has 2 N–H and O–H groups in total. The van der Waals surface area contributed by atoms with Crippen LogP contribution in [0.15, 0.2) is 18.2 Å². The number of hydrogen-bond donors (Lipinski definition) is 2. The van der Waals surface area contributed by atoms with Crippen LogP contribution >= 0.6 is 0 Å². The molecule has 1 unspecified atom stereocenters. The van der Waals surface area contributed by atoms with Crippen LogP contribution in [-0.4, -0.2) is 31.0 Å². The van der Waals surface area contributed by atoms with Gasteiger partial charge >= 0.3 is 0 Å². The van der Waals surface area contributed by atoms with Gasteiger partial charge in [0.1, 0.15) is 5.75 Å². The molecule has 7 heteroatoms. The van der Waals surface area contributed by atoms with Gasteiger partial charge < -0.3 is 15.4 Å². The van der Waals surface area contributed by atoms with Crippen molar-refractivity contribution < 1.29 is 14.5 Å². The summed E-state index contributed by atoms with van der Waals surface area (Å²) in [6.07, 6.45) is 1.47. The molecule has 1 aromatic rings. The van der Waals surface area contributed by atoms with Crippen molar-refractivity contribution in [3.63, 3.8) is 0 Å². The van der Waals surface area contributed by atoms with Crippen molar-refractivity contribution in [2.75, 3.05) is 25.5 Å². The van der Waals surface area contributed by atoms with E-state index in [0.717, 1.165) is 13.0 Å². The van der Waals surface area contributed by atoms with Gasteiger partial charge in [0, 0.05) is 18.7 Å². The van der Waals surface area contributed by atoms with Gasteiger partial charge in [0.15, 0.2) is 0 Å². The molecule has 7 nitrogen and oxygen atoms in total. The summed E-state index contributed by atoms with van der Waals surface area (Å²) < 4.78 is 5.16. The number of rotatable bonds is 5. The van der Waals surface area contributed by atoms with E-state index in [1.54, 1.807) is 0 Å². The van der Waals surface area contributed by atoms with Gasteiger partial charge in [-0.2, -0.15) is 0 Å². The van der Waals surface area contributed by atoms with Crippen LogP contribution in [0.1, 0.15) is 19.8 Å². The van der Waals surface area contributed by atoms with Gasteiger partial charge in [-0.1, -0.05) is 6.92 Å². The first-order valence-electron chi connectivity index (χ1n) is 6.87. The minimum absolute atomic E-state index is 0.0822. The summed E-state index contributed by atoms with van der Waals surface area (Å²) in [5.41, 5.74) is -0.215. The maximum absolute atomic E-state index is 12.5. The number of anilines is 1. The molecule has 0 bridgehead atoms. The summed E-state index contributed by atoms with van der Waals surface area (Å²) in [7, 11) is 1.46. The Hall–Kier alpha value is -2.15. The molecule has 1 aliphatic rings. The van der Waals surface area contributed by atoms with Crippen LogP contribution in [0.2, 0.25) is 0 Å². The van der Waals surface area contributed by atoms with E-state index in [4.69, 9.17) is 4.74 Å². The van der Waals surface area contributed by atoms with Crippen LogP contribution in [0.25, 0.3) is 0 Å². The largest absolute Gasteiger partial charge is 0.495 e. The fourth-order valence-electron chi connectivity index (χ4n) is 2.56. The molecule has 114 valence electrons. The van der Waals surface area contributed by atoms with E-state index in [1.807, 2.05) is 6.92 Å². The molecule has 21 heavy (non-hydrogen) atoms. The maximum Gasteiger partial charge on any atom is 0.271 e. The fraction of sp³-hybridized carbons (Fsp3) is 0.500. The molecule has 1 aromatic carbocycles. The first-order chi connectivity index (χ1) is 10.0. The molecule has 0 spiro atoms. The van der Waals surface area contributed by atoms with Crippen molar-refractivity contribution in [1.82, 2.24) is 5.32 Å². The molecule has 2 rings (SSSR count). The lowest BCUT2D eigenvalue weighted by Crippen LogP contribution is -2.37. The normalized spacial score (nSPS) is 21.0. The summed E-state index contributed by atoms with van der Waals surface area (Å²) in [4.78, 5) is 22.9. The van der Waals surface area contributed by atoms with Crippen molar-refractivity contribution in [1.29, 1.82) is 0 Å². The summed E-state index contributed by atoms with van der Waals surface area (Å²) in [5.74, 6) is 0.278. The van der Waals surface area contributed by atoms with Crippen LogP contribution in [-0.2, 0) is 4.79 Å². The molecular weight excluding hydrogens is 274 g/mol. The van der Waals surface area contributed by atoms with Gasteiger partial charge in [0.05, 0.1) is 23.1 Å². The number of non-ortho nitro benzene ring substituents is 1. The lowest BCUT2D eigenvalue weighted by atomic mass is 9.83. The number of benzene rings is 1. The lowest BCUT2D eigenvalue weighted by Gasteiger charge is -2.25. The van der Waals surface area contributed by atoms with E-state index in [-0.39, 0.29) is 11.6 Å². The predicted octanol–water partition coefficient (Wildman–Crippen LogP) is 1.93. The third-order valence-electron chi connectivity index (χ3n) is 4.04. The van der Waals surface area contributed by atoms with E-state index in [9.17, 15) is 14.9 Å². The number of methoxy groups -OCH3 is 1. The van der Waals surface area contributed by atoms with Gasteiger partial charge in [0.2, 0.25) is 5.91 Å². The zero-order valence-electron chi connectivity index (χ0n) is 12.1. The molecule has 1 fully saturated rings. The van der Waals surface area contributed by atoms with Crippen molar-refractivity contribution in [2.45, 2.75) is 19.8 Å². The van der Waals surface area contributed by atoms with Crippen molar-refractivity contribution in [3.8, 4) is 5.75 Å². The highest BCUT2D eigenvalue weighted by Crippen LogP contribution is 2.34. The predicted molar refractivity (Wildman–Crippen MR) is 78.5 cm³/mol. The third-order valence-corrected chi connectivity index (χ3v) is 4.04. The first kappa shape index (κ1) is 15.2. The molecule has 0 saturated carbocycles. The second-order valence-electron chi connectivity index (χ2n) is 5.16. The quantitative estimate of drug-likeness (QED) is 0.639. The van der Waals surface area contributed by atoms with Crippen molar-refractivity contribution in [2.24, 2.45) is 5.41 Å². The standard InChI is InChI=1S/C14H19N3O4/c1-3-14(6-7-15-9-14)13(18)16-11-8-10(17(19)20)4-5-12(11)21-2/h4-5,8,15H,3,6-7,9H2,1-2H3,(H,16,18). The molecule has 1 aliphatic heterocycles. The highest BCUT2D eigenvalue weighted by Gasteiger charge is 2.39. The van der Waals surface area contributed by atoms with Crippen LogP contribution < -0.4 is 15.4 Å². The Balaban J connectivity index is 2.27. The number of nitrogens with zero attached hydrogens (tertiary/aromatic N) is 1. The fourth-order valence-corrected chi connectivity index (χ4v) is 2.56. The highest BCUT2D eigenvalue weighted by atomic mass is 16.6. The molecule has 1 saturated heterocycles. The summed E-state index contributed by atoms with van der Waals surface area (Å²) in [5, 5.41) is 16.8. The Morgan fingerprint density at radius 1 is 1.57 bits per heavy atom. The highest BCUT2D eigenvalue weighted by molar-refractivity contribution is 5.97. The average Bonchev–Trinajstić information content (AvgIpc) is 2.97. The molecule has 0 aliphatic carbocycles. The number of carbonyl (C=O) groups excluding carboxylic acids is 1. The van der Waals surface area contributed by atoms with Gasteiger partial charge in [0.25, 0.3) is 5.69 Å². The first-order valence-corrected chi connectivity index (χ1v) is 6.87. The molecular formula is C14H19N3O4. The molecule has 1 heterocycles. The lowest BCUT2D eigenvalue weighted by molar-refractivity contribution is -0.384. The Morgan fingerprint density at radius 3 is 2.86 bits per heavy atom. The van der Waals surface area contributed by atoms with E-state index < -0.39 is 10.3 Å². The average molecular weight is 293 g/mol. The Kier molecular flexibility index (Phi) is 4.42. The Morgan fingerprint density at radius 2 is 2.33 bits per heavy atom. The molecule has 1 amide bonds. The van der Waals surface area contributed by atoms with Crippen LogP contribution in [0.5, 0.6) is 5.75 Å². The van der Waals surface area contributed by atoms with Gasteiger partial charge in [-0.3, -0.25) is 14.9 Å². The number of carbonyl (C=O) groups is 1. The maximum atomic E-state index is 12.5. The van der Waals surface area contributed by atoms with E-state index in [2.05, 4.69) is 10.6 Å². The Labute approximate surface area is 122 Å². The zero-order chi connectivity index (χ0) is 15.5. The second-order valence-corrected chi connectivity index (χ2v) is 5.16. The molecule has 1 atom stereocenters. The molecule has 0 radical (unpaired) electrons. The smallest absolute Gasteiger partial charge is 0.271 e. The second kappa shape index (κ2) is 6.09. The number of amides is 1. The number of ether oxygens (including phenoxy) is 1. The van der Waals surface area contributed by atoms with E-state index >= 15 is 0 Å². The van der Waals surface area contributed by atoms with E-state index in [1.165, 1.54) is 25.3 Å². The van der Waals surface area contributed by atoms with Gasteiger partial charge in [-0.15, -0.1) is 0 Å². The number of nitro benzene ring substituents is 1. The third kappa shape index (κ3) is 2.97. The van der Waals surface area contributed by atoms with E-state index in [0.29, 0.717) is 24.4 Å². The minimum Gasteiger partial charge on any atom is -0.495 e. The SMILES string of the molecule is CCC1(C(=O)Nc2cc([N+](=O)[O-])ccc2OC)CCNC1. The van der Waals surface area contributed by atoms with Crippen molar-refractivity contribution >= 4 is 17.3 Å². The number of hydrogen-bond acceptors (Lipinski definition) is 5. The summed E-state index contributed by atoms with van der Waals surface area (Å²) >= 11 is 0. The van der Waals surface area contributed by atoms with Crippen molar-refractivity contribution in [3.05, 3.63) is 28.3 Å². The number of nitro groups is 1. The van der Waals surface area contributed by atoms with Crippen LogP contribution in [0, 0.1) is 15.5 Å². The van der Waals surface area contributed by atoms with Gasteiger partial charge in [-0.25, -0.2) is 0 Å². The Bertz CT molecular complexity index is 553. The molecule has 0 aromatic heterocycles. The number of nitrogens with one attached hydrogen (secondary N) is 2. The minimum atomic E-state index is -0.498.